The number of carbonyl (C=O) groups excluding carboxylic acids is 1. The van der Waals surface area contributed by atoms with E-state index in [1.54, 1.807) is 18.0 Å². The summed E-state index contributed by atoms with van der Waals surface area (Å²) >= 11 is 0. The Labute approximate surface area is 113 Å². The molecule has 0 heterocycles. The smallest absolute Gasteiger partial charge is 0.260 e. The number of anilines is 2. The zero-order valence-electron chi connectivity index (χ0n) is 11.5. The molecular formula is C16H18N2O. The van der Waals surface area contributed by atoms with Gasteiger partial charge in [0.05, 0.1) is 5.56 Å². The minimum Gasteiger partial charge on any atom is -0.398 e. The van der Waals surface area contributed by atoms with E-state index in [0.29, 0.717) is 11.3 Å². The predicted octanol–water partition coefficient (Wildman–Crippen LogP) is 3.16. The molecule has 0 saturated heterocycles. The molecule has 0 aliphatic rings. The largest absolute Gasteiger partial charge is 0.398 e. The number of carbonyl (C=O) groups is 1. The Kier molecular flexibility index (Phi) is 3.56. The molecule has 0 saturated carbocycles. The Morgan fingerprint density at radius 1 is 1.00 bits per heavy atom. The Morgan fingerprint density at radius 2 is 1.58 bits per heavy atom. The third-order valence-corrected chi connectivity index (χ3v) is 3.17. The number of rotatable bonds is 2. The fourth-order valence-electron chi connectivity index (χ4n) is 1.92. The molecule has 98 valence electrons. The zero-order chi connectivity index (χ0) is 14.0. The van der Waals surface area contributed by atoms with Gasteiger partial charge in [0.2, 0.25) is 0 Å². The van der Waals surface area contributed by atoms with Gasteiger partial charge in [-0.2, -0.15) is 0 Å². The van der Waals surface area contributed by atoms with E-state index in [-0.39, 0.29) is 5.91 Å². The third-order valence-electron chi connectivity index (χ3n) is 3.17. The number of hydrogen-bond acceptors (Lipinski definition) is 2. The van der Waals surface area contributed by atoms with Gasteiger partial charge in [0.15, 0.2) is 0 Å². The van der Waals surface area contributed by atoms with Crippen LogP contribution in [-0.4, -0.2) is 13.0 Å². The topological polar surface area (TPSA) is 46.3 Å². The number of amides is 1. The van der Waals surface area contributed by atoms with E-state index < -0.39 is 0 Å². The second kappa shape index (κ2) is 5.14. The molecular weight excluding hydrogens is 236 g/mol. The number of nitrogen functional groups attached to an aromatic ring is 1. The first-order chi connectivity index (χ1) is 8.99. The molecule has 0 atom stereocenters. The molecule has 3 heteroatoms. The van der Waals surface area contributed by atoms with Crippen molar-refractivity contribution >= 4 is 17.3 Å². The number of nitrogens with two attached hydrogens (primary N) is 1. The summed E-state index contributed by atoms with van der Waals surface area (Å²) in [6, 6.07) is 13.3. The van der Waals surface area contributed by atoms with Crippen molar-refractivity contribution in [3.63, 3.8) is 0 Å². The molecule has 0 aliphatic carbocycles. The van der Waals surface area contributed by atoms with Crippen LogP contribution in [0, 0.1) is 13.8 Å². The first-order valence-corrected chi connectivity index (χ1v) is 6.20. The van der Waals surface area contributed by atoms with Gasteiger partial charge in [-0.3, -0.25) is 4.79 Å². The predicted molar refractivity (Wildman–Crippen MR) is 79.5 cm³/mol. The van der Waals surface area contributed by atoms with E-state index in [9.17, 15) is 4.79 Å². The fraction of sp³-hybridized carbons (Fsp3) is 0.188. The van der Waals surface area contributed by atoms with E-state index in [0.717, 1.165) is 11.3 Å². The maximum Gasteiger partial charge on any atom is 0.260 e. The molecule has 2 rings (SSSR count). The molecule has 2 N–H and O–H groups in total. The standard InChI is InChI=1S/C16H18N2O/c1-11-4-7-13(8-5-11)18(3)16(19)14-10-12(2)6-9-15(14)17/h4-10H,17H2,1-3H3. The van der Waals surface area contributed by atoms with Gasteiger partial charge in [-0.25, -0.2) is 0 Å². The molecule has 3 nitrogen and oxygen atoms in total. The lowest BCUT2D eigenvalue weighted by Crippen LogP contribution is -2.27. The number of aryl methyl sites for hydroxylation is 2. The SMILES string of the molecule is Cc1ccc(N(C)C(=O)c2cc(C)ccc2N)cc1. The normalized spacial score (nSPS) is 10.3. The zero-order valence-corrected chi connectivity index (χ0v) is 11.5. The molecule has 2 aromatic carbocycles. The first kappa shape index (κ1) is 13.1. The number of benzene rings is 2. The van der Waals surface area contributed by atoms with Crippen LogP contribution in [0.2, 0.25) is 0 Å². The van der Waals surface area contributed by atoms with Crippen LogP contribution >= 0.6 is 0 Å². The molecule has 0 unspecified atom stereocenters. The van der Waals surface area contributed by atoms with E-state index in [1.165, 1.54) is 5.56 Å². The van der Waals surface area contributed by atoms with Crippen LogP contribution in [0.5, 0.6) is 0 Å². The first-order valence-electron chi connectivity index (χ1n) is 6.20. The van der Waals surface area contributed by atoms with Crippen molar-refractivity contribution in [2.24, 2.45) is 0 Å². The van der Waals surface area contributed by atoms with Crippen LogP contribution in [-0.2, 0) is 0 Å². The minimum atomic E-state index is -0.0925. The molecule has 1 amide bonds. The molecule has 0 spiro atoms. The van der Waals surface area contributed by atoms with Gasteiger partial charge in [0.25, 0.3) is 5.91 Å². The fourth-order valence-corrected chi connectivity index (χ4v) is 1.92. The van der Waals surface area contributed by atoms with Gasteiger partial charge in [-0.05, 0) is 38.1 Å². The summed E-state index contributed by atoms with van der Waals surface area (Å²) in [5, 5.41) is 0. The summed E-state index contributed by atoms with van der Waals surface area (Å²) in [7, 11) is 1.76. The van der Waals surface area contributed by atoms with E-state index >= 15 is 0 Å². The summed E-state index contributed by atoms with van der Waals surface area (Å²) in [4.78, 5) is 14.1. The van der Waals surface area contributed by atoms with Crippen LogP contribution in [0.1, 0.15) is 21.5 Å². The second-order valence-electron chi connectivity index (χ2n) is 4.79. The molecule has 0 fully saturated rings. The molecule has 0 bridgehead atoms. The van der Waals surface area contributed by atoms with E-state index in [1.807, 2.05) is 50.2 Å². The van der Waals surface area contributed by atoms with Crippen molar-refractivity contribution in [2.45, 2.75) is 13.8 Å². The minimum absolute atomic E-state index is 0.0925. The Balaban J connectivity index is 2.33. The average molecular weight is 254 g/mol. The third kappa shape index (κ3) is 2.76. The average Bonchev–Trinajstić information content (AvgIpc) is 2.41. The van der Waals surface area contributed by atoms with E-state index in [4.69, 9.17) is 5.73 Å². The van der Waals surface area contributed by atoms with Gasteiger partial charge in [0, 0.05) is 18.4 Å². The second-order valence-corrected chi connectivity index (χ2v) is 4.79. The van der Waals surface area contributed by atoms with Gasteiger partial charge < -0.3 is 10.6 Å². The Hall–Kier alpha value is -2.29. The van der Waals surface area contributed by atoms with Gasteiger partial charge in [-0.1, -0.05) is 29.3 Å². The van der Waals surface area contributed by atoms with Gasteiger partial charge >= 0.3 is 0 Å². The Morgan fingerprint density at radius 3 is 2.21 bits per heavy atom. The molecule has 0 aromatic heterocycles. The molecule has 0 aliphatic heterocycles. The van der Waals surface area contributed by atoms with Crippen molar-refractivity contribution in [1.82, 2.24) is 0 Å². The summed E-state index contributed by atoms with van der Waals surface area (Å²) in [6.07, 6.45) is 0. The quantitative estimate of drug-likeness (QED) is 0.837. The van der Waals surface area contributed by atoms with Crippen LogP contribution in [0.3, 0.4) is 0 Å². The molecule has 19 heavy (non-hydrogen) atoms. The Bertz CT molecular complexity index is 603. The molecule has 2 aromatic rings. The van der Waals surface area contributed by atoms with Crippen molar-refractivity contribution in [2.75, 3.05) is 17.7 Å². The summed E-state index contributed by atoms with van der Waals surface area (Å²) in [6.45, 7) is 3.96. The summed E-state index contributed by atoms with van der Waals surface area (Å²) in [5.74, 6) is -0.0925. The highest BCUT2D eigenvalue weighted by Crippen LogP contribution is 2.20. The lowest BCUT2D eigenvalue weighted by molar-refractivity contribution is 0.0994. The van der Waals surface area contributed by atoms with Crippen LogP contribution in [0.15, 0.2) is 42.5 Å². The monoisotopic (exact) mass is 254 g/mol. The van der Waals surface area contributed by atoms with Crippen LogP contribution in [0.25, 0.3) is 0 Å². The number of hydrogen-bond donors (Lipinski definition) is 1. The van der Waals surface area contributed by atoms with Crippen molar-refractivity contribution < 1.29 is 4.79 Å². The van der Waals surface area contributed by atoms with Crippen LogP contribution in [0.4, 0.5) is 11.4 Å². The van der Waals surface area contributed by atoms with Crippen molar-refractivity contribution in [3.05, 3.63) is 59.2 Å². The molecule has 0 radical (unpaired) electrons. The van der Waals surface area contributed by atoms with Crippen molar-refractivity contribution in [3.8, 4) is 0 Å². The lowest BCUT2D eigenvalue weighted by Gasteiger charge is -2.18. The number of nitrogens with zero attached hydrogens (tertiary/aromatic N) is 1. The van der Waals surface area contributed by atoms with Gasteiger partial charge in [0.1, 0.15) is 0 Å². The summed E-state index contributed by atoms with van der Waals surface area (Å²) < 4.78 is 0. The highest BCUT2D eigenvalue weighted by atomic mass is 16.2. The summed E-state index contributed by atoms with van der Waals surface area (Å²) in [5.41, 5.74) is 9.98. The maximum atomic E-state index is 12.4. The van der Waals surface area contributed by atoms with E-state index in [2.05, 4.69) is 0 Å². The van der Waals surface area contributed by atoms with Crippen LogP contribution < -0.4 is 10.6 Å². The van der Waals surface area contributed by atoms with Crippen molar-refractivity contribution in [1.29, 1.82) is 0 Å². The maximum absolute atomic E-state index is 12.4. The van der Waals surface area contributed by atoms with Gasteiger partial charge in [-0.15, -0.1) is 0 Å². The lowest BCUT2D eigenvalue weighted by atomic mass is 10.1. The highest BCUT2D eigenvalue weighted by molar-refractivity contribution is 6.09. The highest BCUT2D eigenvalue weighted by Gasteiger charge is 2.16.